The Balaban J connectivity index is 1.27. The third-order valence-corrected chi connectivity index (χ3v) is 6.28. The normalized spacial score (nSPS) is 18.8. The van der Waals surface area contributed by atoms with Crippen LogP contribution in [0.5, 0.6) is 0 Å². The number of aryl methyl sites for hydroxylation is 1. The Morgan fingerprint density at radius 1 is 1.15 bits per heavy atom. The zero-order valence-electron chi connectivity index (χ0n) is 19.2. The fourth-order valence-electron chi connectivity index (χ4n) is 4.49. The number of nitrogens with zero attached hydrogens (tertiary/aromatic N) is 5. The van der Waals surface area contributed by atoms with Crippen LogP contribution in [0.2, 0.25) is 0 Å². The van der Waals surface area contributed by atoms with Crippen LogP contribution in [0.25, 0.3) is 0 Å². The maximum absolute atomic E-state index is 13.3. The molecule has 1 amide bonds. The highest BCUT2D eigenvalue weighted by atomic mass is 19.1. The van der Waals surface area contributed by atoms with Gasteiger partial charge in [0.1, 0.15) is 17.3 Å². The summed E-state index contributed by atoms with van der Waals surface area (Å²) >= 11 is 0. The maximum atomic E-state index is 13.3. The largest absolute Gasteiger partial charge is 0.445 e. The molecule has 3 aromatic rings. The summed E-state index contributed by atoms with van der Waals surface area (Å²) in [5, 5.41) is 0. The number of rotatable bonds is 5. The topological polar surface area (TPSA) is 84.6 Å². The van der Waals surface area contributed by atoms with E-state index in [1.54, 1.807) is 24.4 Å². The second-order valence-corrected chi connectivity index (χ2v) is 8.85. The lowest BCUT2D eigenvalue weighted by Gasteiger charge is -2.31. The van der Waals surface area contributed by atoms with Gasteiger partial charge in [-0.15, -0.1) is 0 Å². The van der Waals surface area contributed by atoms with Crippen LogP contribution >= 0.6 is 0 Å². The molecule has 0 saturated carbocycles. The van der Waals surface area contributed by atoms with Crippen molar-refractivity contribution in [2.75, 3.05) is 44.3 Å². The molecule has 1 atom stereocenters. The molecule has 2 fully saturated rings. The number of halogens is 1. The number of piperidine rings is 1. The van der Waals surface area contributed by atoms with Crippen molar-refractivity contribution in [1.29, 1.82) is 0 Å². The van der Waals surface area contributed by atoms with Crippen molar-refractivity contribution in [3.8, 4) is 0 Å². The average Bonchev–Trinajstić information content (AvgIpc) is 3.34. The zero-order valence-corrected chi connectivity index (χ0v) is 19.2. The second kappa shape index (κ2) is 9.89. The molecule has 0 N–H and O–H groups in total. The van der Waals surface area contributed by atoms with E-state index in [9.17, 15) is 9.18 Å². The smallest absolute Gasteiger partial charge is 0.272 e. The number of amides is 1. The Labute approximate surface area is 197 Å². The van der Waals surface area contributed by atoms with E-state index in [0.717, 1.165) is 29.9 Å². The Morgan fingerprint density at radius 3 is 2.74 bits per heavy atom. The highest BCUT2D eigenvalue weighted by molar-refractivity contribution is 5.92. The molecule has 8 nitrogen and oxygen atoms in total. The number of anilines is 1. The van der Waals surface area contributed by atoms with Gasteiger partial charge in [-0.3, -0.25) is 4.79 Å². The molecular formula is C25H28FN5O3. The number of oxazole rings is 1. The number of benzene rings is 1. The van der Waals surface area contributed by atoms with E-state index in [1.807, 2.05) is 11.8 Å². The molecule has 0 spiro atoms. The van der Waals surface area contributed by atoms with Gasteiger partial charge >= 0.3 is 0 Å². The van der Waals surface area contributed by atoms with Crippen molar-refractivity contribution in [2.24, 2.45) is 0 Å². The highest BCUT2D eigenvalue weighted by Crippen LogP contribution is 2.28. The number of hydrogen-bond acceptors (Lipinski definition) is 7. The monoisotopic (exact) mass is 465 g/mol. The van der Waals surface area contributed by atoms with Gasteiger partial charge in [0.2, 0.25) is 5.95 Å². The quantitative estimate of drug-likeness (QED) is 0.571. The van der Waals surface area contributed by atoms with E-state index in [1.165, 1.54) is 12.1 Å². The Morgan fingerprint density at radius 2 is 1.94 bits per heavy atom. The lowest BCUT2D eigenvalue weighted by molar-refractivity contribution is 0.0691. The van der Waals surface area contributed by atoms with Crippen LogP contribution in [0.3, 0.4) is 0 Å². The van der Waals surface area contributed by atoms with Gasteiger partial charge in [-0.1, -0.05) is 12.1 Å². The molecule has 2 aromatic heterocycles. The van der Waals surface area contributed by atoms with E-state index >= 15 is 0 Å². The Bertz CT molecular complexity index is 1140. The molecule has 0 unspecified atom stereocenters. The van der Waals surface area contributed by atoms with Crippen molar-refractivity contribution >= 4 is 11.9 Å². The molecule has 0 bridgehead atoms. The summed E-state index contributed by atoms with van der Waals surface area (Å²) in [5.74, 6) is 1.63. The fourth-order valence-corrected chi connectivity index (χ4v) is 4.49. The lowest BCUT2D eigenvalue weighted by Crippen LogP contribution is -2.40. The average molecular weight is 466 g/mol. The molecule has 34 heavy (non-hydrogen) atoms. The Kier molecular flexibility index (Phi) is 6.53. The van der Waals surface area contributed by atoms with Crippen LogP contribution in [-0.2, 0) is 11.2 Å². The van der Waals surface area contributed by atoms with E-state index in [2.05, 4.69) is 19.9 Å². The summed E-state index contributed by atoms with van der Waals surface area (Å²) in [6.07, 6.45) is 4.05. The van der Waals surface area contributed by atoms with Crippen molar-refractivity contribution < 1.29 is 18.3 Å². The number of morpholine rings is 1. The Hall–Kier alpha value is -3.33. The number of hydrogen-bond donors (Lipinski definition) is 0. The van der Waals surface area contributed by atoms with Gasteiger partial charge in [0, 0.05) is 38.3 Å². The molecule has 9 heteroatoms. The molecule has 1 aromatic carbocycles. The van der Waals surface area contributed by atoms with Crippen molar-refractivity contribution in [3.05, 3.63) is 70.9 Å². The standard InChI is InChI=1S/C25H28FN5O3/c1-17-13-22(29-25(28-17)30-9-11-33-12-10-30)24(32)31-8-2-3-19(16-31)23-27-15-21(34-23)14-18-4-6-20(26)7-5-18/h4-7,13,15,19H,2-3,8-12,14,16H2,1H3/t19-/m1/s1. The molecule has 0 aliphatic carbocycles. The first kappa shape index (κ1) is 22.5. The first-order valence-electron chi connectivity index (χ1n) is 11.7. The maximum Gasteiger partial charge on any atom is 0.272 e. The van der Waals surface area contributed by atoms with Gasteiger partial charge < -0.3 is 19.0 Å². The summed E-state index contributed by atoms with van der Waals surface area (Å²) < 4.78 is 24.6. The summed E-state index contributed by atoms with van der Waals surface area (Å²) in [6, 6.07) is 8.12. The van der Waals surface area contributed by atoms with Crippen LogP contribution in [0.1, 0.15) is 52.2 Å². The molecule has 5 rings (SSSR count). The van der Waals surface area contributed by atoms with Gasteiger partial charge in [-0.2, -0.15) is 0 Å². The van der Waals surface area contributed by atoms with E-state index in [4.69, 9.17) is 9.15 Å². The second-order valence-electron chi connectivity index (χ2n) is 8.85. The minimum absolute atomic E-state index is 0.0290. The summed E-state index contributed by atoms with van der Waals surface area (Å²) in [5.41, 5.74) is 2.14. The number of aromatic nitrogens is 3. The summed E-state index contributed by atoms with van der Waals surface area (Å²) in [6.45, 7) is 5.79. The van der Waals surface area contributed by atoms with E-state index < -0.39 is 0 Å². The fraction of sp³-hybridized carbons (Fsp3) is 0.440. The van der Waals surface area contributed by atoms with Crippen LogP contribution in [0.4, 0.5) is 10.3 Å². The van der Waals surface area contributed by atoms with Gasteiger partial charge in [0.15, 0.2) is 5.89 Å². The van der Waals surface area contributed by atoms with Crippen LogP contribution in [0, 0.1) is 12.7 Å². The van der Waals surface area contributed by atoms with Gasteiger partial charge in [-0.05, 0) is 43.5 Å². The van der Waals surface area contributed by atoms with Crippen molar-refractivity contribution in [1.82, 2.24) is 19.9 Å². The number of likely N-dealkylation sites (tertiary alicyclic amines) is 1. The van der Waals surface area contributed by atoms with Crippen molar-refractivity contribution in [3.63, 3.8) is 0 Å². The van der Waals surface area contributed by atoms with Crippen molar-refractivity contribution in [2.45, 2.75) is 32.1 Å². The molecule has 2 aliphatic heterocycles. The first-order valence-corrected chi connectivity index (χ1v) is 11.7. The first-order chi connectivity index (χ1) is 16.5. The van der Waals surface area contributed by atoms with E-state index in [0.29, 0.717) is 63.3 Å². The summed E-state index contributed by atoms with van der Waals surface area (Å²) in [4.78, 5) is 30.9. The highest BCUT2D eigenvalue weighted by Gasteiger charge is 2.29. The van der Waals surface area contributed by atoms with Crippen LogP contribution in [-0.4, -0.2) is 65.2 Å². The minimum Gasteiger partial charge on any atom is -0.445 e. The van der Waals surface area contributed by atoms with Crippen LogP contribution in [0.15, 0.2) is 40.9 Å². The SMILES string of the molecule is Cc1cc(C(=O)N2CCC[C@@H](c3ncc(Cc4ccc(F)cc4)o3)C2)nc(N2CCOCC2)n1. The number of ether oxygens (including phenoxy) is 1. The predicted molar refractivity (Wildman–Crippen MR) is 123 cm³/mol. The molecule has 4 heterocycles. The molecule has 178 valence electrons. The molecule has 2 aliphatic rings. The number of carbonyl (C=O) groups excluding carboxylic acids is 1. The van der Waals surface area contributed by atoms with E-state index in [-0.39, 0.29) is 17.6 Å². The minimum atomic E-state index is -0.259. The number of carbonyl (C=O) groups is 1. The van der Waals surface area contributed by atoms with Gasteiger partial charge in [0.05, 0.1) is 25.3 Å². The lowest BCUT2D eigenvalue weighted by atomic mass is 9.97. The predicted octanol–water partition coefficient (Wildman–Crippen LogP) is 3.36. The third-order valence-electron chi connectivity index (χ3n) is 6.28. The van der Waals surface area contributed by atoms with Gasteiger partial charge in [0.25, 0.3) is 5.91 Å². The molecular weight excluding hydrogens is 437 g/mol. The zero-order chi connectivity index (χ0) is 23.5. The van der Waals surface area contributed by atoms with Gasteiger partial charge in [-0.25, -0.2) is 19.3 Å². The third kappa shape index (κ3) is 5.09. The molecule has 0 radical (unpaired) electrons. The van der Waals surface area contributed by atoms with Crippen LogP contribution < -0.4 is 4.90 Å². The summed E-state index contributed by atoms with van der Waals surface area (Å²) in [7, 11) is 0. The molecule has 2 saturated heterocycles.